The number of para-hydroxylation sites is 1. The van der Waals surface area contributed by atoms with Gasteiger partial charge in [0.1, 0.15) is 38.4 Å². The largest absolute Gasteiger partial charge is 0.331 e. The summed E-state index contributed by atoms with van der Waals surface area (Å²) in [4.78, 5) is 5.32. The van der Waals surface area contributed by atoms with Gasteiger partial charge in [-0.15, -0.1) is 0 Å². The van der Waals surface area contributed by atoms with Crippen molar-refractivity contribution in [1.29, 1.82) is 0 Å². The van der Waals surface area contributed by atoms with Gasteiger partial charge in [0.15, 0.2) is 0 Å². The molecule has 0 aliphatic carbocycles. The van der Waals surface area contributed by atoms with E-state index in [1.165, 1.54) is 69.9 Å². The van der Waals surface area contributed by atoms with Crippen molar-refractivity contribution in [1.82, 2.24) is 0 Å². The highest BCUT2D eigenvalue weighted by atomic mass is 15.3. The summed E-state index contributed by atoms with van der Waals surface area (Å²) in [7, 11) is 0. The third-order valence-corrected chi connectivity index (χ3v) is 6.24. The van der Waals surface area contributed by atoms with Crippen LogP contribution in [0.5, 0.6) is 0 Å². The Labute approximate surface area is 151 Å². The van der Waals surface area contributed by atoms with Crippen LogP contribution in [0.25, 0.3) is 0 Å². The second kappa shape index (κ2) is 8.13. The Morgan fingerprint density at radius 1 is 0.680 bits per heavy atom. The van der Waals surface area contributed by atoms with Crippen molar-refractivity contribution in [2.75, 3.05) is 39.3 Å². The molecule has 0 aromatic heterocycles. The lowest BCUT2D eigenvalue weighted by atomic mass is 10.0. The van der Waals surface area contributed by atoms with Crippen molar-refractivity contribution in [3.8, 4) is 0 Å². The maximum Gasteiger partial charge on any atom is 0.132 e. The van der Waals surface area contributed by atoms with E-state index >= 15 is 0 Å². The summed E-state index contributed by atoms with van der Waals surface area (Å²) in [5.74, 6) is 0. The average molecular weight is 339 g/mol. The van der Waals surface area contributed by atoms with Crippen LogP contribution in [-0.2, 0) is 6.54 Å². The van der Waals surface area contributed by atoms with Crippen LogP contribution in [0.15, 0.2) is 60.7 Å². The molecule has 3 nitrogen and oxygen atoms in total. The third-order valence-electron chi connectivity index (χ3n) is 6.24. The molecular formula is C22H32N3+3. The summed E-state index contributed by atoms with van der Waals surface area (Å²) in [5.41, 5.74) is 2.96. The van der Waals surface area contributed by atoms with E-state index in [0.29, 0.717) is 0 Å². The van der Waals surface area contributed by atoms with Gasteiger partial charge in [-0.2, -0.15) is 0 Å². The molecule has 2 aliphatic rings. The van der Waals surface area contributed by atoms with Gasteiger partial charge in [-0.1, -0.05) is 48.5 Å². The number of hydrogen-bond donors (Lipinski definition) is 3. The van der Waals surface area contributed by atoms with Gasteiger partial charge in [0, 0.05) is 18.4 Å². The number of likely N-dealkylation sites (tertiary alicyclic amines) is 1. The lowest BCUT2D eigenvalue weighted by molar-refractivity contribution is -1.01. The second-order valence-electron chi connectivity index (χ2n) is 7.81. The molecule has 2 fully saturated rings. The SMILES string of the molecule is c1ccc(C[NH+]2CCC([NH+]3CC[NH+](c4ccccc4)CC3)CC2)cc1. The van der Waals surface area contributed by atoms with Crippen LogP contribution in [0.3, 0.4) is 0 Å². The van der Waals surface area contributed by atoms with Gasteiger partial charge in [-0.3, -0.25) is 4.90 Å². The van der Waals surface area contributed by atoms with Crippen molar-refractivity contribution < 1.29 is 14.7 Å². The molecule has 0 amide bonds. The molecule has 0 spiro atoms. The van der Waals surface area contributed by atoms with Crippen LogP contribution in [0, 0.1) is 0 Å². The molecule has 2 heterocycles. The summed E-state index contributed by atoms with van der Waals surface area (Å²) in [6.45, 7) is 9.14. The molecule has 25 heavy (non-hydrogen) atoms. The predicted molar refractivity (Wildman–Crippen MR) is 101 cm³/mol. The van der Waals surface area contributed by atoms with Crippen molar-refractivity contribution in [2.24, 2.45) is 0 Å². The normalized spacial score (nSPS) is 30.1. The third kappa shape index (κ3) is 4.30. The fraction of sp³-hybridized carbons (Fsp3) is 0.455. The molecule has 132 valence electrons. The number of piperidine rings is 1. The Bertz CT molecular complexity index is 627. The standard InChI is InChI=1S/C22H29N3/c1-3-7-20(8-4-1)19-23-13-11-22(12-14-23)25-17-15-24(16-18-25)21-9-5-2-6-10-21/h1-10,22H,11-19H2/p+3. The molecule has 4 rings (SSSR count). The fourth-order valence-electron chi connectivity index (χ4n) is 4.74. The zero-order valence-corrected chi connectivity index (χ0v) is 15.2. The van der Waals surface area contributed by atoms with Crippen molar-refractivity contribution >= 4 is 5.69 Å². The molecule has 3 heteroatoms. The molecule has 0 radical (unpaired) electrons. The number of hydrogen-bond acceptors (Lipinski definition) is 0. The molecule has 2 aliphatic heterocycles. The lowest BCUT2D eigenvalue weighted by Gasteiger charge is -2.37. The van der Waals surface area contributed by atoms with Crippen LogP contribution < -0.4 is 14.7 Å². The van der Waals surface area contributed by atoms with E-state index in [2.05, 4.69) is 60.7 Å². The summed E-state index contributed by atoms with van der Waals surface area (Å²) >= 11 is 0. The Balaban J connectivity index is 1.24. The van der Waals surface area contributed by atoms with Gasteiger partial charge in [0.2, 0.25) is 0 Å². The van der Waals surface area contributed by atoms with E-state index in [0.717, 1.165) is 6.04 Å². The summed E-state index contributed by atoms with van der Waals surface area (Å²) in [6, 6.07) is 22.9. The van der Waals surface area contributed by atoms with Crippen LogP contribution in [0.4, 0.5) is 5.69 Å². The number of quaternary nitrogens is 3. The highest BCUT2D eigenvalue weighted by Gasteiger charge is 2.34. The minimum atomic E-state index is 0.900. The monoisotopic (exact) mass is 338 g/mol. The van der Waals surface area contributed by atoms with Gasteiger partial charge in [-0.05, 0) is 12.1 Å². The summed E-state index contributed by atoms with van der Waals surface area (Å²) in [6.07, 6.45) is 2.80. The Morgan fingerprint density at radius 2 is 1.28 bits per heavy atom. The predicted octanol–water partition coefficient (Wildman–Crippen LogP) is -0.651. The van der Waals surface area contributed by atoms with E-state index in [-0.39, 0.29) is 0 Å². The molecule has 0 atom stereocenters. The Morgan fingerprint density at radius 3 is 1.92 bits per heavy atom. The van der Waals surface area contributed by atoms with Gasteiger partial charge in [-0.25, -0.2) is 0 Å². The molecule has 2 aromatic carbocycles. The Hall–Kier alpha value is -1.68. The number of nitrogens with one attached hydrogen (secondary N) is 3. The van der Waals surface area contributed by atoms with Crippen LogP contribution in [0.1, 0.15) is 18.4 Å². The molecule has 0 unspecified atom stereocenters. The molecule has 3 N–H and O–H groups in total. The smallest absolute Gasteiger partial charge is 0.132 e. The van der Waals surface area contributed by atoms with Gasteiger partial charge in [0.25, 0.3) is 0 Å². The first-order chi connectivity index (χ1) is 12.4. The molecule has 2 saturated heterocycles. The number of rotatable bonds is 4. The maximum absolute atomic E-state index is 2.28. The van der Waals surface area contributed by atoms with Crippen LogP contribution in [-0.4, -0.2) is 45.3 Å². The zero-order chi connectivity index (χ0) is 16.9. The minimum Gasteiger partial charge on any atom is -0.331 e. The Kier molecular flexibility index (Phi) is 5.46. The van der Waals surface area contributed by atoms with E-state index in [4.69, 9.17) is 0 Å². The van der Waals surface area contributed by atoms with Gasteiger partial charge in [0.05, 0.1) is 19.1 Å². The van der Waals surface area contributed by atoms with E-state index in [1.807, 2.05) is 4.90 Å². The topological polar surface area (TPSA) is 13.3 Å². The number of piperazine rings is 1. The molecule has 2 aromatic rings. The molecule has 0 bridgehead atoms. The maximum atomic E-state index is 2.28. The van der Waals surface area contributed by atoms with E-state index < -0.39 is 0 Å². The lowest BCUT2D eigenvalue weighted by Crippen LogP contribution is -3.29. The molecule has 0 saturated carbocycles. The second-order valence-corrected chi connectivity index (χ2v) is 7.81. The van der Waals surface area contributed by atoms with Crippen LogP contribution >= 0.6 is 0 Å². The van der Waals surface area contributed by atoms with E-state index in [1.54, 1.807) is 9.80 Å². The van der Waals surface area contributed by atoms with Crippen LogP contribution in [0.2, 0.25) is 0 Å². The zero-order valence-electron chi connectivity index (χ0n) is 15.2. The van der Waals surface area contributed by atoms with Gasteiger partial charge >= 0.3 is 0 Å². The van der Waals surface area contributed by atoms with E-state index in [9.17, 15) is 0 Å². The minimum absolute atomic E-state index is 0.900. The highest BCUT2D eigenvalue weighted by Crippen LogP contribution is 2.01. The average Bonchev–Trinajstić information content (AvgIpc) is 2.70. The van der Waals surface area contributed by atoms with Crippen molar-refractivity contribution in [2.45, 2.75) is 25.4 Å². The first-order valence-corrected chi connectivity index (χ1v) is 10.0. The first kappa shape index (κ1) is 16.8. The highest BCUT2D eigenvalue weighted by molar-refractivity contribution is 5.27. The molecular weight excluding hydrogens is 306 g/mol. The quantitative estimate of drug-likeness (QED) is 0.656. The fourth-order valence-corrected chi connectivity index (χ4v) is 4.74. The number of benzene rings is 2. The van der Waals surface area contributed by atoms with Crippen molar-refractivity contribution in [3.05, 3.63) is 66.2 Å². The summed E-state index contributed by atoms with van der Waals surface area (Å²) < 4.78 is 0. The summed E-state index contributed by atoms with van der Waals surface area (Å²) in [5, 5.41) is 0. The van der Waals surface area contributed by atoms with Gasteiger partial charge < -0.3 is 9.80 Å². The first-order valence-electron chi connectivity index (χ1n) is 10.0. The van der Waals surface area contributed by atoms with Crippen molar-refractivity contribution in [3.63, 3.8) is 0 Å².